The Labute approximate surface area is 195 Å². The molecule has 2 aromatic heterocycles. The summed E-state index contributed by atoms with van der Waals surface area (Å²) in [6.07, 6.45) is 9.92. The van der Waals surface area contributed by atoms with Crippen LogP contribution in [-0.4, -0.2) is 69.7 Å². The number of aromatic nitrogens is 3. The van der Waals surface area contributed by atoms with Crippen LogP contribution in [0.3, 0.4) is 0 Å². The molecule has 4 heterocycles. The van der Waals surface area contributed by atoms with Gasteiger partial charge in [0.05, 0.1) is 5.69 Å². The predicted molar refractivity (Wildman–Crippen MR) is 126 cm³/mol. The van der Waals surface area contributed by atoms with Crippen molar-refractivity contribution in [3.05, 3.63) is 48.0 Å². The van der Waals surface area contributed by atoms with E-state index in [9.17, 15) is 4.79 Å². The first-order chi connectivity index (χ1) is 16.1. The molecule has 33 heavy (non-hydrogen) atoms. The van der Waals surface area contributed by atoms with Gasteiger partial charge in [-0.3, -0.25) is 14.7 Å². The second kappa shape index (κ2) is 11.2. The predicted octanol–water partition coefficient (Wildman–Crippen LogP) is 2.35. The molecule has 2 aliphatic heterocycles. The highest BCUT2D eigenvalue weighted by atomic mass is 16.6. The van der Waals surface area contributed by atoms with Crippen molar-refractivity contribution in [3.63, 3.8) is 0 Å². The summed E-state index contributed by atoms with van der Waals surface area (Å²) in [7, 11) is 1.57. The number of anilines is 1. The molecule has 0 atom stereocenters. The van der Waals surface area contributed by atoms with Crippen LogP contribution in [0.2, 0.25) is 0 Å². The van der Waals surface area contributed by atoms with Crippen LogP contribution in [0.15, 0.2) is 41.9 Å². The lowest BCUT2D eigenvalue weighted by molar-refractivity contribution is -0.138. The maximum absolute atomic E-state index is 13.1. The molecule has 2 aromatic rings. The maximum atomic E-state index is 13.1. The first-order valence-corrected chi connectivity index (χ1v) is 11.7. The van der Waals surface area contributed by atoms with Crippen LogP contribution in [0.4, 0.5) is 5.95 Å². The topological polar surface area (TPSA) is 110 Å². The van der Waals surface area contributed by atoms with Crippen molar-refractivity contribution in [1.82, 2.24) is 24.8 Å². The SMILES string of the molecule is CO/N=C(/CC1CCN(C(=O)C2CCN(Cc3cnc(N)nc3)CC2)CC1)c1ccccn1. The molecule has 1 amide bonds. The Balaban J connectivity index is 1.22. The van der Waals surface area contributed by atoms with Gasteiger partial charge in [0.25, 0.3) is 0 Å². The van der Waals surface area contributed by atoms with E-state index in [1.165, 1.54) is 0 Å². The largest absolute Gasteiger partial charge is 0.399 e. The highest BCUT2D eigenvalue weighted by molar-refractivity contribution is 5.98. The van der Waals surface area contributed by atoms with Gasteiger partial charge in [-0.05, 0) is 63.2 Å². The lowest BCUT2D eigenvalue weighted by Gasteiger charge is -2.37. The van der Waals surface area contributed by atoms with Crippen LogP contribution in [0.25, 0.3) is 0 Å². The molecule has 2 saturated heterocycles. The molecule has 0 aromatic carbocycles. The number of hydrogen-bond acceptors (Lipinski definition) is 8. The molecule has 0 bridgehead atoms. The van der Waals surface area contributed by atoms with Gasteiger partial charge in [0, 0.05) is 49.7 Å². The lowest BCUT2D eigenvalue weighted by atomic mass is 9.88. The number of nitrogens with two attached hydrogens (primary N) is 1. The second-order valence-corrected chi connectivity index (χ2v) is 8.91. The molecule has 0 spiro atoms. The summed E-state index contributed by atoms with van der Waals surface area (Å²) in [6.45, 7) is 4.26. The van der Waals surface area contributed by atoms with Crippen molar-refractivity contribution < 1.29 is 9.63 Å². The van der Waals surface area contributed by atoms with Crippen LogP contribution in [0.5, 0.6) is 0 Å². The number of carbonyl (C=O) groups excluding carboxylic acids is 1. The first-order valence-electron chi connectivity index (χ1n) is 11.7. The normalized spacial score (nSPS) is 18.9. The molecular weight excluding hydrogens is 418 g/mol. The van der Waals surface area contributed by atoms with Crippen molar-refractivity contribution >= 4 is 17.6 Å². The molecule has 9 nitrogen and oxygen atoms in total. The van der Waals surface area contributed by atoms with E-state index in [4.69, 9.17) is 10.6 Å². The monoisotopic (exact) mass is 451 g/mol. The number of nitrogens with zero attached hydrogens (tertiary/aromatic N) is 6. The van der Waals surface area contributed by atoms with Crippen LogP contribution in [0, 0.1) is 11.8 Å². The van der Waals surface area contributed by atoms with Gasteiger partial charge in [-0.15, -0.1) is 0 Å². The average molecular weight is 452 g/mol. The van der Waals surface area contributed by atoms with Gasteiger partial charge in [-0.1, -0.05) is 11.2 Å². The van der Waals surface area contributed by atoms with Gasteiger partial charge in [0.1, 0.15) is 12.8 Å². The van der Waals surface area contributed by atoms with E-state index in [1.54, 1.807) is 25.7 Å². The summed E-state index contributed by atoms with van der Waals surface area (Å²) in [6, 6.07) is 5.82. The van der Waals surface area contributed by atoms with Gasteiger partial charge >= 0.3 is 0 Å². The fourth-order valence-corrected chi connectivity index (χ4v) is 4.76. The smallest absolute Gasteiger partial charge is 0.225 e. The summed E-state index contributed by atoms with van der Waals surface area (Å²) in [5, 5.41) is 4.21. The van der Waals surface area contributed by atoms with Crippen molar-refractivity contribution in [1.29, 1.82) is 0 Å². The molecule has 176 valence electrons. The molecule has 9 heteroatoms. The van der Waals surface area contributed by atoms with E-state index in [1.807, 2.05) is 18.2 Å². The lowest BCUT2D eigenvalue weighted by Crippen LogP contribution is -2.45. The number of piperidine rings is 2. The summed E-state index contributed by atoms with van der Waals surface area (Å²) in [5.74, 6) is 1.22. The van der Waals surface area contributed by atoms with E-state index in [0.717, 1.165) is 81.8 Å². The Morgan fingerprint density at radius 1 is 1.09 bits per heavy atom. The van der Waals surface area contributed by atoms with Crippen LogP contribution in [-0.2, 0) is 16.2 Å². The number of nitrogen functional groups attached to an aromatic ring is 1. The Kier molecular flexibility index (Phi) is 7.83. The fourth-order valence-electron chi connectivity index (χ4n) is 4.76. The number of oxime groups is 1. The van der Waals surface area contributed by atoms with Gasteiger partial charge in [-0.2, -0.15) is 0 Å². The Morgan fingerprint density at radius 2 is 1.82 bits per heavy atom. The Morgan fingerprint density at radius 3 is 2.45 bits per heavy atom. The summed E-state index contributed by atoms with van der Waals surface area (Å²) >= 11 is 0. The van der Waals surface area contributed by atoms with Crippen molar-refractivity contribution in [2.45, 2.75) is 38.6 Å². The van der Waals surface area contributed by atoms with E-state index in [-0.39, 0.29) is 5.92 Å². The highest BCUT2D eigenvalue weighted by Crippen LogP contribution is 2.27. The van der Waals surface area contributed by atoms with E-state index >= 15 is 0 Å². The zero-order chi connectivity index (χ0) is 23.0. The zero-order valence-corrected chi connectivity index (χ0v) is 19.3. The molecule has 0 unspecified atom stereocenters. The van der Waals surface area contributed by atoms with Crippen molar-refractivity contribution in [3.8, 4) is 0 Å². The van der Waals surface area contributed by atoms with Gasteiger partial charge in [-0.25, -0.2) is 9.97 Å². The number of amides is 1. The third-order valence-electron chi connectivity index (χ3n) is 6.64. The third kappa shape index (κ3) is 6.25. The van der Waals surface area contributed by atoms with E-state index < -0.39 is 0 Å². The molecule has 4 rings (SSSR count). The minimum atomic E-state index is 0.125. The quantitative estimate of drug-likeness (QED) is 0.508. The highest BCUT2D eigenvalue weighted by Gasteiger charge is 2.31. The number of likely N-dealkylation sites (tertiary alicyclic amines) is 2. The minimum absolute atomic E-state index is 0.125. The minimum Gasteiger partial charge on any atom is -0.399 e. The zero-order valence-electron chi connectivity index (χ0n) is 19.3. The Hall–Kier alpha value is -3.07. The molecule has 0 radical (unpaired) electrons. The Bertz CT molecular complexity index is 920. The number of carbonyl (C=O) groups is 1. The summed E-state index contributed by atoms with van der Waals surface area (Å²) < 4.78 is 0. The van der Waals surface area contributed by atoms with Crippen LogP contribution < -0.4 is 5.73 Å². The van der Waals surface area contributed by atoms with E-state index in [2.05, 4.69) is 29.9 Å². The molecule has 0 saturated carbocycles. The number of pyridine rings is 1. The molecule has 2 aliphatic rings. The fraction of sp³-hybridized carbons (Fsp3) is 0.542. The van der Waals surface area contributed by atoms with Gasteiger partial charge in [0.2, 0.25) is 11.9 Å². The summed E-state index contributed by atoms with van der Waals surface area (Å²) in [5.41, 5.74) is 8.35. The number of rotatable bonds is 7. The van der Waals surface area contributed by atoms with Crippen LogP contribution >= 0.6 is 0 Å². The molecule has 2 N–H and O–H groups in total. The molecule has 0 aliphatic carbocycles. The second-order valence-electron chi connectivity index (χ2n) is 8.91. The van der Waals surface area contributed by atoms with E-state index in [0.29, 0.717) is 17.8 Å². The van der Waals surface area contributed by atoms with Gasteiger partial charge in [0.15, 0.2) is 0 Å². The summed E-state index contributed by atoms with van der Waals surface area (Å²) in [4.78, 5) is 35.1. The molecule has 2 fully saturated rings. The molecular formula is C24H33N7O2. The van der Waals surface area contributed by atoms with Crippen molar-refractivity contribution in [2.24, 2.45) is 17.0 Å². The average Bonchev–Trinajstić information content (AvgIpc) is 2.86. The van der Waals surface area contributed by atoms with Gasteiger partial charge < -0.3 is 15.5 Å². The number of hydrogen-bond donors (Lipinski definition) is 1. The first kappa shape index (κ1) is 23.1. The third-order valence-corrected chi connectivity index (χ3v) is 6.64. The van der Waals surface area contributed by atoms with Crippen LogP contribution in [0.1, 0.15) is 43.4 Å². The van der Waals surface area contributed by atoms with Crippen molar-refractivity contribution in [2.75, 3.05) is 39.0 Å². The standard InChI is InChI=1S/C24H33N7O2/c1-33-29-22(21-4-2-3-9-26-21)14-18-5-12-31(13-6-18)23(32)20-7-10-30(11-8-20)17-19-15-27-24(25)28-16-19/h2-4,9,15-16,18,20H,5-8,10-14,17H2,1H3,(H2,25,27,28)/b29-22-. The maximum Gasteiger partial charge on any atom is 0.225 e.